The second-order valence-corrected chi connectivity index (χ2v) is 5.89. The Bertz CT molecular complexity index is 979. The molecule has 1 amide bonds. The molecule has 0 unspecified atom stereocenters. The molecule has 0 radical (unpaired) electrons. The number of benzene rings is 3. The number of nitro benzene ring substituents is 1. The van der Waals surface area contributed by atoms with Crippen molar-refractivity contribution in [1.82, 2.24) is 5.43 Å². The number of rotatable bonds is 5. The smallest absolute Gasteiger partial charge is 0.267 e. The number of amides is 1. The standard InChI is InChI=1S/C21H17N3O3/c1-15(16-11-13-20(14-12-16)24(26)27)22-23-21(25)19-9-7-18(8-10-19)17-5-3-2-4-6-17/h2-14H,1H3,(H,23,25). The number of hydrazone groups is 1. The van der Waals surface area contributed by atoms with Crippen molar-refractivity contribution < 1.29 is 9.72 Å². The Kier molecular flexibility index (Phi) is 5.37. The van der Waals surface area contributed by atoms with Crippen LogP contribution in [0, 0.1) is 10.1 Å². The van der Waals surface area contributed by atoms with E-state index in [1.165, 1.54) is 12.1 Å². The molecule has 0 aliphatic carbocycles. The SMILES string of the molecule is CC(=NNC(=O)c1ccc(-c2ccccc2)cc1)c1ccc([N+](=O)[O-])cc1. The lowest BCUT2D eigenvalue weighted by molar-refractivity contribution is -0.384. The van der Waals surface area contributed by atoms with Crippen LogP contribution in [0.1, 0.15) is 22.8 Å². The highest BCUT2D eigenvalue weighted by atomic mass is 16.6. The van der Waals surface area contributed by atoms with Gasteiger partial charge in [0.1, 0.15) is 0 Å². The predicted octanol–water partition coefficient (Wildman–Crippen LogP) is 4.42. The maximum Gasteiger partial charge on any atom is 0.271 e. The predicted molar refractivity (Wildman–Crippen MR) is 105 cm³/mol. The van der Waals surface area contributed by atoms with Gasteiger partial charge in [0.15, 0.2) is 0 Å². The van der Waals surface area contributed by atoms with Crippen LogP contribution in [-0.2, 0) is 0 Å². The van der Waals surface area contributed by atoms with Gasteiger partial charge in [0.05, 0.1) is 10.6 Å². The van der Waals surface area contributed by atoms with Crippen molar-refractivity contribution >= 4 is 17.3 Å². The molecule has 0 aromatic heterocycles. The fourth-order valence-electron chi connectivity index (χ4n) is 2.53. The third kappa shape index (κ3) is 4.43. The molecule has 0 spiro atoms. The summed E-state index contributed by atoms with van der Waals surface area (Å²) in [6.07, 6.45) is 0. The Morgan fingerprint density at radius 1 is 0.852 bits per heavy atom. The molecule has 3 aromatic rings. The Balaban J connectivity index is 1.67. The summed E-state index contributed by atoms with van der Waals surface area (Å²) in [5, 5.41) is 14.8. The van der Waals surface area contributed by atoms with Gasteiger partial charge in [-0.25, -0.2) is 5.43 Å². The fraction of sp³-hybridized carbons (Fsp3) is 0.0476. The van der Waals surface area contributed by atoms with Gasteiger partial charge in [-0.15, -0.1) is 0 Å². The summed E-state index contributed by atoms with van der Waals surface area (Å²) in [6.45, 7) is 1.72. The van der Waals surface area contributed by atoms with Gasteiger partial charge in [0, 0.05) is 17.7 Å². The van der Waals surface area contributed by atoms with E-state index in [9.17, 15) is 14.9 Å². The fourth-order valence-corrected chi connectivity index (χ4v) is 2.53. The summed E-state index contributed by atoms with van der Waals surface area (Å²) in [6, 6.07) is 23.2. The molecule has 0 aliphatic heterocycles. The maximum atomic E-state index is 12.3. The second kappa shape index (κ2) is 8.05. The molecule has 27 heavy (non-hydrogen) atoms. The normalized spacial score (nSPS) is 11.1. The van der Waals surface area contributed by atoms with E-state index in [1.54, 1.807) is 31.2 Å². The number of non-ortho nitro benzene ring substituents is 1. The number of hydrogen-bond donors (Lipinski definition) is 1. The molecule has 3 aromatic carbocycles. The topological polar surface area (TPSA) is 84.6 Å². The van der Waals surface area contributed by atoms with E-state index < -0.39 is 4.92 Å². The lowest BCUT2D eigenvalue weighted by Gasteiger charge is -2.05. The van der Waals surface area contributed by atoms with Crippen LogP contribution in [0.3, 0.4) is 0 Å². The van der Waals surface area contributed by atoms with Crippen LogP contribution in [-0.4, -0.2) is 16.5 Å². The highest BCUT2D eigenvalue weighted by molar-refractivity contribution is 6.01. The van der Waals surface area contributed by atoms with Crippen molar-refractivity contribution in [2.45, 2.75) is 6.92 Å². The zero-order valence-corrected chi connectivity index (χ0v) is 14.6. The number of nitrogens with zero attached hydrogens (tertiary/aromatic N) is 2. The lowest BCUT2D eigenvalue weighted by Crippen LogP contribution is -2.19. The van der Waals surface area contributed by atoms with Gasteiger partial charge >= 0.3 is 0 Å². The first-order valence-electron chi connectivity index (χ1n) is 8.29. The van der Waals surface area contributed by atoms with Crippen LogP contribution >= 0.6 is 0 Å². The van der Waals surface area contributed by atoms with Crippen molar-refractivity contribution in [2.75, 3.05) is 0 Å². The highest BCUT2D eigenvalue weighted by Gasteiger charge is 2.08. The van der Waals surface area contributed by atoms with Crippen molar-refractivity contribution in [3.8, 4) is 11.1 Å². The molecule has 3 rings (SSSR count). The van der Waals surface area contributed by atoms with E-state index >= 15 is 0 Å². The minimum absolute atomic E-state index is 0.00842. The molecular formula is C21H17N3O3. The molecule has 0 bridgehead atoms. The quantitative estimate of drug-likeness (QED) is 0.416. The Morgan fingerprint density at radius 2 is 1.41 bits per heavy atom. The van der Waals surface area contributed by atoms with Crippen LogP contribution in [0.4, 0.5) is 5.69 Å². The first-order valence-corrected chi connectivity index (χ1v) is 8.29. The minimum atomic E-state index is -0.461. The summed E-state index contributed by atoms with van der Waals surface area (Å²) in [7, 11) is 0. The molecule has 0 atom stereocenters. The van der Waals surface area contributed by atoms with E-state index in [4.69, 9.17) is 0 Å². The number of hydrogen-bond acceptors (Lipinski definition) is 4. The molecule has 6 heteroatoms. The molecule has 1 N–H and O–H groups in total. The van der Waals surface area contributed by atoms with Crippen molar-refractivity contribution in [3.05, 3.63) is 100 Å². The Labute approximate surface area is 156 Å². The molecular weight excluding hydrogens is 342 g/mol. The molecule has 134 valence electrons. The van der Waals surface area contributed by atoms with Gasteiger partial charge in [0.2, 0.25) is 0 Å². The number of nitro groups is 1. The third-order valence-electron chi connectivity index (χ3n) is 4.08. The first kappa shape index (κ1) is 18.0. The molecule has 0 heterocycles. The minimum Gasteiger partial charge on any atom is -0.267 e. The summed E-state index contributed by atoms with van der Waals surface area (Å²) in [4.78, 5) is 22.5. The van der Waals surface area contributed by atoms with Crippen LogP contribution in [0.15, 0.2) is 84.0 Å². The largest absolute Gasteiger partial charge is 0.271 e. The summed E-state index contributed by atoms with van der Waals surface area (Å²) < 4.78 is 0. The second-order valence-electron chi connectivity index (χ2n) is 5.89. The van der Waals surface area contributed by atoms with Crippen LogP contribution in [0.5, 0.6) is 0 Å². The summed E-state index contributed by atoms with van der Waals surface area (Å²) in [5.41, 5.74) is 6.37. The molecule has 0 saturated heterocycles. The van der Waals surface area contributed by atoms with Gasteiger partial charge in [-0.2, -0.15) is 5.10 Å². The van der Waals surface area contributed by atoms with Crippen molar-refractivity contribution in [2.24, 2.45) is 5.10 Å². The lowest BCUT2D eigenvalue weighted by atomic mass is 10.0. The average Bonchev–Trinajstić information content (AvgIpc) is 2.72. The van der Waals surface area contributed by atoms with Crippen molar-refractivity contribution in [1.29, 1.82) is 0 Å². The van der Waals surface area contributed by atoms with Gasteiger partial charge in [-0.05, 0) is 47.9 Å². The summed E-state index contributed by atoms with van der Waals surface area (Å²) >= 11 is 0. The average molecular weight is 359 g/mol. The monoisotopic (exact) mass is 359 g/mol. The van der Waals surface area contributed by atoms with Gasteiger partial charge in [-0.3, -0.25) is 14.9 Å². The number of nitrogens with one attached hydrogen (secondary N) is 1. The molecule has 0 aliphatic rings. The molecule has 0 saturated carbocycles. The van der Waals surface area contributed by atoms with E-state index in [1.807, 2.05) is 42.5 Å². The van der Waals surface area contributed by atoms with Crippen LogP contribution < -0.4 is 5.43 Å². The molecule has 0 fully saturated rings. The third-order valence-corrected chi connectivity index (χ3v) is 4.08. The van der Waals surface area contributed by atoms with E-state index in [-0.39, 0.29) is 11.6 Å². The van der Waals surface area contributed by atoms with Crippen LogP contribution in [0.25, 0.3) is 11.1 Å². The van der Waals surface area contributed by atoms with Gasteiger partial charge < -0.3 is 0 Å². The van der Waals surface area contributed by atoms with E-state index in [2.05, 4.69) is 10.5 Å². The van der Waals surface area contributed by atoms with Gasteiger partial charge in [-0.1, -0.05) is 42.5 Å². The number of carbonyl (C=O) groups is 1. The Hall–Kier alpha value is -3.80. The summed E-state index contributed by atoms with van der Waals surface area (Å²) in [5.74, 6) is -0.323. The molecule has 6 nitrogen and oxygen atoms in total. The zero-order chi connectivity index (χ0) is 19.2. The van der Waals surface area contributed by atoms with Gasteiger partial charge in [0.25, 0.3) is 11.6 Å². The Morgan fingerprint density at radius 3 is 2.00 bits per heavy atom. The van der Waals surface area contributed by atoms with Crippen LogP contribution in [0.2, 0.25) is 0 Å². The van der Waals surface area contributed by atoms with Crippen molar-refractivity contribution in [3.63, 3.8) is 0 Å². The van der Waals surface area contributed by atoms with E-state index in [0.29, 0.717) is 16.8 Å². The zero-order valence-electron chi connectivity index (χ0n) is 14.6. The first-order chi connectivity index (χ1) is 13.0. The highest BCUT2D eigenvalue weighted by Crippen LogP contribution is 2.19. The number of carbonyl (C=O) groups excluding carboxylic acids is 1. The van der Waals surface area contributed by atoms with E-state index in [0.717, 1.165) is 11.1 Å². The maximum absolute atomic E-state index is 12.3.